The lowest BCUT2D eigenvalue weighted by atomic mass is 9.97. The van der Waals surface area contributed by atoms with Crippen LogP contribution in [-0.2, 0) is 4.79 Å². The van der Waals surface area contributed by atoms with E-state index in [1.165, 1.54) is 6.26 Å². The van der Waals surface area contributed by atoms with E-state index in [1.54, 1.807) is 30.3 Å². The average Bonchev–Trinajstić information content (AvgIpc) is 3.09. The van der Waals surface area contributed by atoms with Crippen molar-refractivity contribution in [1.29, 1.82) is 0 Å². The highest BCUT2D eigenvalue weighted by Gasteiger charge is 2.17. The van der Waals surface area contributed by atoms with Crippen LogP contribution in [0.4, 0.5) is 11.4 Å². The first-order chi connectivity index (χ1) is 11.6. The molecule has 2 rings (SSSR count). The molecule has 0 spiro atoms. The quantitative estimate of drug-likeness (QED) is 0.738. The van der Waals surface area contributed by atoms with E-state index in [2.05, 4.69) is 24.5 Å². The van der Waals surface area contributed by atoms with Crippen LogP contribution in [0.5, 0.6) is 0 Å². The van der Waals surface area contributed by atoms with Crippen molar-refractivity contribution in [2.75, 3.05) is 10.6 Å². The summed E-state index contributed by atoms with van der Waals surface area (Å²) in [6.45, 7) is 4.17. The van der Waals surface area contributed by atoms with Gasteiger partial charge in [0.1, 0.15) is 0 Å². The Bertz CT molecular complexity index is 659. The number of hydrogen-bond acceptors (Lipinski definition) is 3. The number of benzene rings is 1. The molecule has 0 aliphatic heterocycles. The Kier molecular flexibility index (Phi) is 6.61. The fraction of sp³-hybridized carbons (Fsp3) is 0.368. The molecule has 128 valence electrons. The van der Waals surface area contributed by atoms with Gasteiger partial charge in [0.05, 0.1) is 6.26 Å². The maximum absolute atomic E-state index is 12.4. The van der Waals surface area contributed by atoms with Crippen LogP contribution in [0.1, 0.15) is 50.1 Å². The van der Waals surface area contributed by atoms with Crippen LogP contribution < -0.4 is 10.6 Å². The molecule has 2 amide bonds. The Balaban J connectivity index is 2.01. The minimum atomic E-state index is -0.321. The number of carbonyl (C=O) groups is 2. The van der Waals surface area contributed by atoms with Crippen molar-refractivity contribution in [2.45, 2.75) is 39.5 Å². The molecule has 5 heteroatoms. The van der Waals surface area contributed by atoms with Crippen LogP contribution in [-0.4, -0.2) is 11.8 Å². The molecule has 0 fully saturated rings. The fourth-order valence-electron chi connectivity index (χ4n) is 2.62. The average molecular weight is 328 g/mol. The van der Waals surface area contributed by atoms with Gasteiger partial charge in [-0.05, 0) is 43.2 Å². The molecule has 0 aliphatic rings. The molecule has 0 aliphatic carbocycles. The summed E-state index contributed by atoms with van der Waals surface area (Å²) in [7, 11) is 0. The first-order valence-corrected chi connectivity index (χ1v) is 8.39. The first-order valence-electron chi connectivity index (χ1n) is 8.39. The first kappa shape index (κ1) is 17.8. The Hall–Kier alpha value is -2.56. The van der Waals surface area contributed by atoms with Crippen LogP contribution in [0.2, 0.25) is 0 Å². The zero-order valence-corrected chi connectivity index (χ0v) is 14.2. The second-order valence-electron chi connectivity index (χ2n) is 5.78. The second kappa shape index (κ2) is 8.91. The van der Waals surface area contributed by atoms with Crippen LogP contribution in [0.3, 0.4) is 0 Å². The summed E-state index contributed by atoms with van der Waals surface area (Å²) in [6, 6.07) is 10.4. The summed E-state index contributed by atoms with van der Waals surface area (Å²) < 4.78 is 5.07. The molecule has 0 saturated heterocycles. The number of rotatable bonds is 8. The highest BCUT2D eigenvalue weighted by Crippen LogP contribution is 2.20. The molecule has 24 heavy (non-hydrogen) atoms. The van der Waals surface area contributed by atoms with E-state index >= 15 is 0 Å². The van der Waals surface area contributed by atoms with Gasteiger partial charge in [0, 0.05) is 17.3 Å². The van der Waals surface area contributed by atoms with Gasteiger partial charge in [0.2, 0.25) is 5.91 Å². The predicted molar refractivity (Wildman–Crippen MR) is 95.0 cm³/mol. The van der Waals surface area contributed by atoms with Crippen LogP contribution in [0, 0.1) is 5.92 Å². The zero-order chi connectivity index (χ0) is 17.4. The van der Waals surface area contributed by atoms with Crippen molar-refractivity contribution in [3.63, 3.8) is 0 Å². The lowest BCUT2D eigenvalue weighted by molar-refractivity contribution is -0.120. The normalized spacial score (nSPS) is 10.6. The molecule has 0 radical (unpaired) electrons. The van der Waals surface area contributed by atoms with E-state index in [1.807, 2.05) is 6.07 Å². The number of carbonyl (C=O) groups excluding carboxylic acids is 2. The molecule has 1 aromatic carbocycles. The van der Waals surface area contributed by atoms with Gasteiger partial charge in [-0.3, -0.25) is 9.59 Å². The summed E-state index contributed by atoms with van der Waals surface area (Å²) >= 11 is 0. The molecule has 0 bridgehead atoms. The van der Waals surface area contributed by atoms with Gasteiger partial charge >= 0.3 is 0 Å². The summed E-state index contributed by atoms with van der Waals surface area (Å²) in [4.78, 5) is 24.4. The van der Waals surface area contributed by atoms with E-state index in [0.29, 0.717) is 11.4 Å². The molecule has 0 unspecified atom stereocenters. The van der Waals surface area contributed by atoms with Crippen LogP contribution in [0.25, 0.3) is 0 Å². The fourth-order valence-corrected chi connectivity index (χ4v) is 2.62. The molecule has 0 saturated carbocycles. The summed E-state index contributed by atoms with van der Waals surface area (Å²) in [5, 5.41) is 5.70. The number of furan rings is 1. The maximum atomic E-state index is 12.4. The number of amides is 2. The molecule has 1 heterocycles. The summed E-state index contributed by atoms with van der Waals surface area (Å²) in [5.74, 6) is -0.0108. The zero-order valence-electron chi connectivity index (χ0n) is 14.2. The molecule has 5 nitrogen and oxygen atoms in total. The third kappa shape index (κ3) is 4.98. The minimum Gasteiger partial charge on any atom is -0.459 e. The molecule has 2 aromatic rings. The van der Waals surface area contributed by atoms with Crippen molar-refractivity contribution in [1.82, 2.24) is 0 Å². The van der Waals surface area contributed by atoms with Gasteiger partial charge in [-0.1, -0.05) is 32.8 Å². The predicted octanol–water partition coefficient (Wildman–Crippen LogP) is 4.69. The van der Waals surface area contributed by atoms with Crippen molar-refractivity contribution in [2.24, 2.45) is 5.92 Å². The van der Waals surface area contributed by atoms with E-state index in [9.17, 15) is 9.59 Å². The van der Waals surface area contributed by atoms with E-state index < -0.39 is 0 Å². The Morgan fingerprint density at radius 1 is 1.00 bits per heavy atom. The van der Waals surface area contributed by atoms with E-state index in [4.69, 9.17) is 4.42 Å². The smallest absolute Gasteiger partial charge is 0.291 e. The van der Waals surface area contributed by atoms with Gasteiger partial charge in [0.15, 0.2) is 5.76 Å². The Morgan fingerprint density at radius 2 is 1.67 bits per heavy atom. The van der Waals surface area contributed by atoms with Gasteiger partial charge in [0.25, 0.3) is 5.91 Å². The van der Waals surface area contributed by atoms with Gasteiger partial charge in [-0.25, -0.2) is 0 Å². The molecule has 2 N–H and O–H groups in total. The number of nitrogens with one attached hydrogen (secondary N) is 2. The highest BCUT2D eigenvalue weighted by atomic mass is 16.3. The van der Waals surface area contributed by atoms with E-state index in [0.717, 1.165) is 25.7 Å². The lowest BCUT2D eigenvalue weighted by Crippen LogP contribution is -2.22. The summed E-state index contributed by atoms with van der Waals surface area (Å²) in [5.41, 5.74) is 1.28. The largest absolute Gasteiger partial charge is 0.459 e. The lowest BCUT2D eigenvalue weighted by Gasteiger charge is -2.15. The molecular weight excluding hydrogens is 304 g/mol. The van der Waals surface area contributed by atoms with Crippen LogP contribution >= 0.6 is 0 Å². The van der Waals surface area contributed by atoms with Gasteiger partial charge in [-0.15, -0.1) is 0 Å². The van der Waals surface area contributed by atoms with E-state index in [-0.39, 0.29) is 23.5 Å². The van der Waals surface area contributed by atoms with Gasteiger partial charge < -0.3 is 15.1 Å². The van der Waals surface area contributed by atoms with Crippen molar-refractivity contribution < 1.29 is 14.0 Å². The standard InChI is InChI=1S/C19H24N2O3/c1-3-7-14(8-4-2)18(22)20-15-9-5-10-16(13-15)21-19(23)17-11-6-12-24-17/h5-6,9-14H,3-4,7-8H2,1-2H3,(H,20,22)(H,21,23). The molecule has 1 aromatic heterocycles. The second-order valence-corrected chi connectivity index (χ2v) is 5.78. The number of anilines is 2. The Labute approximate surface area is 142 Å². The van der Waals surface area contributed by atoms with Gasteiger partial charge in [-0.2, -0.15) is 0 Å². The van der Waals surface area contributed by atoms with Crippen molar-refractivity contribution >= 4 is 23.2 Å². The SMILES string of the molecule is CCCC(CCC)C(=O)Nc1cccc(NC(=O)c2ccco2)c1. The van der Waals surface area contributed by atoms with Crippen LogP contribution in [0.15, 0.2) is 47.1 Å². The minimum absolute atomic E-state index is 0.0290. The molecular formula is C19H24N2O3. The third-order valence-corrected chi connectivity index (χ3v) is 3.78. The Morgan fingerprint density at radius 3 is 2.25 bits per heavy atom. The summed E-state index contributed by atoms with van der Waals surface area (Å²) in [6.07, 6.45) is 5.19. The van der Waals surface area contributed by atoms with Crippen molar-refractivity contribution in [3.05, 3.63) is 48.4 Å². The molecule has 0 atom stereocenters. The maximum Gasteiger partial charge on any atom is 0.291 e. The topological polar surface area (TPSA) is 71.3 Å². The third-order valence-electron chi connectivity index (χ3n) is 3.78. The number of hydrogen-bond donors (Lipinski definition) is 2. The highest BCUT2D eigenvalue weighted by molar-refractivity contribution is 6.02. The monoisotopic (exact) mass is 328 g/mol. The van der Waals surface area contributed by atoms with Crippen molar-refractivity contribution in [3.8, 4) is 0 Å².